The van der Waals surface area contributed by atoms with E-state index in [0.717, 1.165) is 6.08 Å². The van der Waals surface area contributed by atoms with Crippen molar-refractivity contribution in [1.29, 1.82) is 0 Å². The van der Waals surface area contributed by atoms with E-state index < -0.39 is 12.6 Å². The first-order valence-electron chi connectivity index (χ1n) is 6.04. The summed E-state index contributed by atoms with van der Waals surface area (Å²) in [4.78, 5) is 10.5. The zero-order valence-corrected chi connectivity index (χ0v) is 10.8. The van der Waals surface area contributed by atoms with Crippen LogP contribution in [0.3, 0.4) is 0 Å². The molecule has 0 saturated carbocycles. The molecule has 1 rings (SSSR count). The van der Waals surface area contributed by atoms with Gasteiger partial charge in [0.05, 0.1) is 19.9 Å². The van der Waals surface area contributed by atoms with Crippen molar-refractivity contribution in [1.82, 2.24) is 0 Å². The van der Waals surface area contributed by atoms with Crippen LogP contribution in [0.1, 0.15) is 18.9 Å². The Kier molecular flexibility index (Phi) is 6.43. The normalized spacial score (nSPS) is 10.6. The fraction of sp³-hybridized carbons (Fsp3) is 0.357. The number of aliphatic carboxylic acids is 1. The van der Waals surface area contributed by atoms with Crippen LogP contribution in [-0.4, -0.2) is 31.0 Å². The molecule has 0 heterocycles. The van der Waals surface area contributed by atoms with E-state index in [0.29, 0.717) is 23.7 Å². The molecule has 0 bridgehead atoms. The third-order valence-electron chi connectivity index (χ3n) is 2.24. The number of rotatable bonds is 8. The van der Waals surface area contributed by atoms with Crippen LogP contribution >= 0.6 is 0 Å². The van der Waals surface area contributed by atoms with Crippen LogP contribution in [0.5, 0.6) is 11.5 Å². The van der Waals surface area contributed by atoms with Crippen LogP contribution in [0.2, 0.25) is 0 Å². The zero-order chi connectivity index (χ0) is 14.1. The molecule has 1 N–H and O–H groups in total. The lowest BCUT2D eigenvalue weighted by molar-refractivity contribution is -0.131. The number of carboxylic acid groups (broad SMARTS) is 1. The Morgan fingerprint density at radius 2 is 2.21 bits per heavy atom. The average molecular weight is 268 g/mol. The van der Waals surface area contributed by atoms with E-state index in [-0.39, 0.29) is 13.0 Å². The van der Waals surface area contributed by atoms with E-state index in [1.54, 1.807) is 18.2 Å². The van der Waals surface area contributed by atoms with Crippen molar-refractivity contribution < 1.29 is 23.8 Å². The van der Waals surface area contributed by atoms with Crippen molar-refractivity contribution in [3.63, 3.8) is 0 Å². The molecule has 0 radical (unpaired) electrons. The van der Waals surface area contributed by atoms with E-state index in [2.05, 4.69) is 0 Å². The molecule has 0 saturated heterocycles. The second kappa shape index (κ2) is 8.13. The molecular formula is C14H17FO4. The molecule has 0 aliphatic carbocycles. The maximum Gasteiger partial charge on any atom is 0.328 e. The molecule has 1 aromatic rings. The Morgan fingerprint density at radius 3 is 2.84 bits per heavy atom. The van der Waals surface area contributed by atoms with Crippen LogP contribution in [-0.2, 0) is 4.79 Å². The molecule has 0 fully saturated rings. The van der Waals surface area contributed by atoms with E-state index >= 15 is 0 Å². The summed E-state index contributed by atoms with van der Waals surface area (Å²) >= 11 is 0. The first-order valence-corrected chi connectivity index (χ1v) is 6.04. The number of para-hydroxylation sites is 1. The van der Waals surface area contributed by atoms with Crippen LogP contribution < -0.4 is 9.47 Å². The maximum atomic E-state index is 12.1. The van der Waals surface area contributed by atoms with Crippen LogP contribution in [0.15, 0.2) is 24.3 Å². The standard InChI is InChI=1S/C14H17FO4/c1-2-18-12-6-3-5-11(7-8-13(16)17)14(12)19-10-4-9-15/h3,5-8H,2,4,9-10H2,1H3,(H,16,17)/b8-7+. The Bertz CT molecular complexity index is 443. The highest BCUT2D eigenvalue weighted by Gasteiger charge is 2.09. The number of carbonyl (C=O) groups is 1. The van der Waals surface area contributed by atoms with Gasteiger partial charge in [-0.1, -0.05) is 12.1 Å². The summed E-state index contributed by atoms with van der Waals surface area (Å²) in [5.74, 6) is -0.0827. The topological polar surface area (TPSA) is 55.8 Å². The van der Waals surface area contributed by atoms with Gasteiger partial charge in [0.2, 0.25) is 0 Å². The predicted molar refractivity (Wildman–Crippen MR) is 70.4 cm³/mol. The van der Waals surface area contributed by atoms with Crippen molar-refractivity contribution in [2.75, 3.05) is 19.9 Å². The molecule has 19 heavy (non-hydrogen) atoms. The van der Waals surface area contributed by atoms with E-state index in [1.807, 2.05) is 6.92 Å². The maximum absolute atomic E-state index is 12.1. The van der Waals surface area contributed by atoms with Crippen molar-refractivity contribution >= 4 is 12.0 Å². The van der Waals surface area contributed by atoms with Gasteiger partial charge in [-0.15, -0.1) is 0 Å². The number of ether oxygens (including phenoxy) is 2. The minimum Gasteiger partial charge on any atom is -0.490 e. The van der Waals surface area contributed by atoms with Crippen molar-refractivity contribution in [2.24, 2.45) is 0 Å². The number of hydrogen-bond donors (Lipinski definition) is 1. The monoisotopic (exact) mass is 268 g/mol. The minimum atomic E-state index is -1.04. The highest BCUT2D eigenvalue weighted by Crippen LogP contribution is 2.32. The Morgan fingerprint density at radius 1 is 1.42 bits per heavy atom. The second-order valence-corrected chi connectivity index (χ2v) is 3.67. The first kappa shape index (κ1) is 15.0. The molecule has 0 atom stereocenters. The fourth-order valence-electron chi connectivity index (χ4n) is 1.48. The predicted octanol–water partition coefficient (Wildman–Crippen LogP) is 2.92. The molecule has 0 aliphatic rings. The van der Waals surface area contributed by atoms with Gasteiger partial charge >= 0.3 is 5.97 Å². The molecule has 5 heteroatoms. The van der Waals surface area contributed by atoms with Gasteiger partial charge in [-0.05, 0) is 19.1 Å². The largest absolute Gasteiger partial charge is 0.490 e. The molecule has 0 unspecified atom stereocenters. The summed E-state index contributed by atoms with van der Waals surface area (Å²) < 4.78 is 23.0. The number of hydrogen-bond acceptors (Lipinski definition) is 3. The first-order chi connectivity index (χ1) is 9.19. The van der Waals surface area contributed by atoms with Gasteiger partial charge < -0.3 is 14.6 Å². The molecule has 0 spiro atoms. The summed E-state index contributed by atoms with van der Waals surface area (Å²) in [6.07, 6.45) is 2.73. The lowest BCUT2D eigenvalue weighted by Gasteiger charge is -2.13. The van der Waals surface area contributed by atoms with Crippen molar-refractivity contribution in [2.45, 2.75) is 13.3 Å². The number of carboxylic acids is 1. The number of benzene rings is 1. The fourth-order valence-corrected chi connectivity index (χ4v) is 1.48. The van der Waals surface area contributed by atoms with Gasteiger partial charge in [-0.3, -0.25) is 4.39 Å². The van der Waals surface area contributed by atoms with Gasteiger partial charge in [0.1, 0.15) is 0 Å². The highest BCUT2D eigenvalue weighted by atomic mass is 19.1. The highest BCUT2D eigenvalue weighted by molar-refractivity contribution is 5.86. The second-order valence-electron chi connectivity index (χ2n) is 3.67. The Labute approximate surface area is 111 Å². The van der Waals surface area contributed by atoms with E-state index in [1.165, 1.54) is 6.08 Å². The third kappa shape index (κ3) is 4.99. The summed E-state index contributed by atoms with van der Waals surface area (Å²) in [6, 6.07) is 5.19. The van der Waals surface area contributed by atoms with E-state index in [9.17, 15) is 9.18 Å². The van der Waals surface area contributed by atoms with Crippen molar-refractivity contribution in [3.8, 4) is 11.5 Å². The van der Waals surface area contributed by atoms with Crippen LogP contribution in [0, 0.1) is 0 Å². The lowest BCUT2D eigenvalue weighted by Crippen LogP contribution is -2.03. The van der Waals surface area contributed by atoms with Gasteiger partial charge in [0.15, 0.2) is 11.5 Å². The van der Waals surface area contributed by atoms with Crippen LogP contribution in [0.4, 0.5) is 4.39 Å². The SMILES string of the molecule is CCOc1cccc(/C=C/C(=O)O)c1OCCCF. The third-order valence-corrected chi connectivity index (χ3v) is 2.24. The average Bonchev–Trinajstić information content (AvgIpc) is 2.39. The van der Waals surface area contributed by atoms with Gasteiger partial charge in [-0.2, -0.15) is 0 Å². The lowest BCUT2D eigenvalue weighted by atomic mass is 10.1. The Balaban J connectivity index is 2.99. The van der Waals surface area contributed by atoms with Gasteiger partial charge in [0, 0.05) is 18.1 Å². The van der Waals surface area contributed by atoms with Crippen molar-refractivity contribution in [3.05, 3.63) is 29.8 Å². The van der Waals surface area contributed by atoms with Gasteiger partial charge in [-0.25, -0.2) is 4.79 Å². The van der Waals surface area contributed by atoms with E-state index in [4.69, 9.17) is 14.6 Å². The zero-order valence-electron chi connectivity index (χ0n) is 10.8. The molecule has 104 valence electrons. The Hall–Kier alpha value is -2.04. The molecule has 1 aromatic carbocycles. The molecule has 0 aliphatic heterocycles. The summed E-state index contributed by atoms with van der Waals surface area (Å²) in [7, 11) is 0. The molecule has 0 aromatic heterocycles. The minimum absolute atomic E-state index is 0.217. The molecule has 4 nitrogen and oxygen atoms in total. The molecule has 0 amide bonds. The number of alkyl halides is 1. The summed E-state index contributed by atoms with van der Waals surface area (Å²) in [6.45, 7) is 2.06. The number of halogens is 1. The summed E-state index contributed by atoms with van der Waals surface area (Å²) in [5, 5.41) is 8.64. The smallest absolute Gasteiger partial charge is 0.328 e. The quantitative estimate of drug-likeness (QED) is 0.582. The van der Waals surface area contributed by atoms with Crippen LogP contribution in [0.25, 0.3) is 6.08 Å². The van der Waals surface area contributed by atoms with Gasteiger partial charge in [0.25, 0.3) is 0 Å². The molecular weight excluding hydrogens is 251 g/mol. The summed E-state index contributed by atoms with van der Waals surface area (Å²) in [5.41, 5.74) is 0.590.